The predicted octanol–water partition coefficient (Wildman–Crippen LogP) is -0.725. The first kappa shape index (κ1) is 11.7. The lowest BCUT2D eigenvalue weighted by molar-refractivity contribution is 0.0572. The van der Waals surface area contributed by atoms with Crippen molar-refractivity contribution in [3.63, 3.8) is 0 Å². The number of nitrogens with zero attached hydrogens (tertiary/aromatic N) is 1. The highest BCUT2D eigenvalue weighted by Gasteiger charge is 2.34. The van der Waals surface area contributed by atoms with Crippen molar-refractivity contribution in [2.24, 2.45) is 0 Å². The van der Waals surface area contributed by atoms with Crippen LogP contribution >= 0.6 is 0 Å². The standard InChI is InChI=1S/C11H13NO5/c13-6-2-1-3-7(14)10(6)11(17)12-4-8(15)9(16)5-12/h1-3,8-9,13-16H,4-5H2/t8-,9+. The molecule has 0 spiro atoms. The smallest absolute Gasteiger partial charge is 0.261 e. The molecule has 17 heavy (non-hydrogen) atoms. The summed E-state index contributed by atoms with van der Waals surface area (Å²) in [5.74, 6) is -1.27. The van der Waals surface area contributed by atoms with Crippen molar-refractivity contribution < 1.29 is 25.2 Å². The summed E-state index contributed by atoms with van der Waals surface area (Å²) in [6.45, 7) is -0.0401. The second-order valence-electron chi connectivity index (χ2n) is 4.02. The fourth-order valence-corrected chi connectivity index (χ4v) is 1.84. The number of aliphatic hydroxyl groups is 2. The maximum atomic E-state index is 12.0. The van der Waals surface area contributed by atoms with Gasteiger partial charge in [-0.15, -0.1) is 0 Å². The van der Waals surface area contributed by atoms with Crippen molar-refractivity contribution in [3.8, 4) is 11.5 Å². The normalized spacial score (nSPS) is 24.0. The van der Waals surface area contributed by atoms with Crippen molar-refractivity contribution in [2.75, 3.05) is 13.1 Å². The molecule has 0 radical (unpaired) electrons. The molecule has 0 aliphatic carbocycles. The number of carbonyl (C=O) groups excluding carboxylic acids is 1. The van der Waals surface area contributed by atoms with E-state index in [1.807, 2.05) is 0 Å². The number of hydrogen-bond acceptors (Lipinski definition) is 5. The van der Waals surface area contributed by atoms with E-state index in [0.717, 1.165) is 0 Å². The van der Waals surface area contributed by atoms with E-state index in [-0.39, 0.29) is 30.2 Å². The van der Waals surface area contributed by atoms with E-state index in [4.69, 9.17) is 0 Å². The minimum Gasteiger partial charge on any atom is -0.507 e. The van der Waals surface area contributed by atoms with E-state index in [1.54, 1.807) is 0 Å². The van der Waals surface area contributed by atoms with Gasteiger partial charge in [-0.25, -0.2) is 0 Å². The molecule has 1 amide bonds. The molecule has 0 unspecified atom stereocenters. The first-order chi connectivity index (χ1) is 8.00. The Hall–Kier alpha value is -1.79. The van der Waals surface area contributed by atoms with E-state index in [1.165, 1.54) is 23.1 Å². The third-order valence-corrected chi connectivity index (χ3v) is 2.78. The van der Waals surface area contributed by atoms with Crippen molar-refractivity contribution in [1.29, 1.82) is 0 Å². The number of amides is 1. The minimum atomic E-state index is -0.994. The lowest BCUT2D eigenvalue weighted by atomic mass is 10.1. The van der Waals surface area contributed by atoms with E-state index in [9.17, 15) is 25.2 Å². The number of phenols is 2. The molecule has 1 fully saturated rings. The Morgan fingerprint density at radius 1 is 1.12 bits per heavy atom. The van der Waals surface area contributed by atoms with Gasteiger partial charge in [0, 0.05) is 13.1 Å². The first-order valence-corrected chi connectivity index (χ1v) is 5.17. The van der Waals surface area contributed by atoms with E-state index in [2.05, 4.69) is 0 Å². The Labute approximate surface area is 97.3 Å². The number of phenolic OH excluding ortho intramolecular Hbond substituents is 2. The lowest BCUT2D eigenvalue weighted by Gasteiger charge is -2.16. The third-order valence-electron chi connectivity index (χ3n) is 2.78. The van der Waals surface area contributed by atoms with E-state index in [0.29, 0.717) is 0 Å². The summed E-state index contributed by atoms with van der Waals surface area (Å²) >= 11 is 0. The second-order valence-corrected chi connectivity index (χ2v) is 4.02. The van der Waals surface area contributed by atoms with Gasteiger partial charge >= 0.3 is 0 Å². The first-order valence-electron chi connectivity index (χ1n) is 5.17. The molecular weight excluding hydrogens is 226 g/mol. The van der Waals surface area contributed by atoms with Gasteiger partial charge in [0.2, 0.25) is 0 Å². The van der Waals surface area contributed by atoms with Crippen LogP contribution in [0.5, 0.6) is 11.5 Å². The SMILES string of the molecule is O=C(c1c(O)cccc1O)N1C[C@@H](O)[C@@H](O)C1. The molecule has 1 saturated heterocycles. The fourth-order valence-electron chi connectivity index (χ4n) is 1.84. The van der Waals surface area contributed by atoms with Crippen LogP contribution in [-0.4, -0.2) is 56.5 Å². The highest BCUT2D eigenvalue weighted by Crippen LogP contribution is 2.28. The molecule has 0 aromatic heterocycles. The van der Waals surface area contributed by atoms with Gasteiger partial charge in [-0.05, 0) is 12.1 Å². The van der Waals surface area contributed by atoms with Gasteiger partial charge in [0.1, 0.15) is 17.1 Å². The number of aliphatic hydroxyl groups excluding tert-OH is 2. The lowest BCUT2D eigenvalue weighted by Crippen LogP contribution is -2.29. The number of aromatic hydroxyl groups is 2. The Morgan fingerprint density at radius 3 is 2.06 bits per heavy atom. The topological polar surface area (TPSA) is 101 Å². The number of carbonyl (C=O) groups is 1. The molecule has 1 aliphatic heterocycles. The van der Waals surface area contributed by atoms with Crippen LogP contribution in [0.3, 0.4) is 0 Å². The zero-order chi connectivity index (χ0) is 12.6. The van der Waals surface area contributed by atoms with Gasteiger partial charge in [-0.1, -0.05) is 6.07 Å². The van der Waals surface area contributed by atoms with Gasteiger partial charge in [0.15, 0.2) is 0 Å². The molecule has 1 heterocycles. The summed E-state index contributed by atoms with van der Waals surface area (Å²) in [6.07, 6.45) is -1.99. The number of benzene rings is 1. The van der Waals surface area contributed by atoms with Crippen molar-refractivity contribution in [1.82, 2.24) is 4.90 Å². The Kier molecular flexibility index (Phi) is 2.91. The maximum Gasteiger partial charge on any atom is 0.261 e. The number of likely N-dealkylation sites (tertiary alicyclic amines) is 1. The van der Waals surface area contributed by atoms with Crippen molar-refractivity contribution >= 4 is 5.91 Å². The molecule has 1 aromatic rings. The molecule has 0 bridgehead atoms. The molecule has 6 heteroatoms. The zero-order valence-corrected chi connectivity index (χ0v) is 8.95. The number of β-amino-alcohol motifs (C(OH)–C–C–N with tert-alkyl or cyclic N) is 2. The zero-order valence-electron chi connectivity index (χ0n) is 8.95. The summed E-state index contributed by atoms with van der Waals surface area (Å²) in [5.41, 5.74) is -0.214. The minimum absolute atomic E-state index is 0.0201. The van der Waals surface area contributed by atoms with Crippen LogP contribution in [0.15, 0.2) is 18.2 Å². The number of hydrogen-bond donors (Lipinski definition) is 4. The second kappa shape index (κ2) is 4.23. The molecule has 2 atom stereocenters. The monoisotopic (exact) mass is 239 g/mol. The molecule has 92 valence electrons. The molecule has 1 aromatic carbocycles. The third kappa shape index (κ3) is 2.04. The highest BCUT2D eigenvalue weighted by atomic mass is 16.3. The van der Waals surface area contributed by atoms with Gasteiger partial charge in [0.05, 0.1) is 12.2 Å². The van der Waals surface area contributed by atoms with Crippen LogP contribution in [0.1, 0.15) is 10.4 Å². The number of rotatable bonds is 1. The van der Waals surface area contributed by atoms with E-state index >= 15 is 0 Å². The molecule has 1 aliphatic rings. The van der Waals surface area contributed by atoms with Crippen LogP contribution < -0.4 is 0 Å². The van der Waals surface area contributed by atoms with Gasteiger partial charge < -0.3 is 25.3 Å². The average molecular weight is 239 g/mol. The summed E-state index contributed by atoms with van der Waals surface area (Å²) in [6, 6.07) is 3.99. The molecular formula is C11H13NO5. The molecule has 4 N–H and O–H groups in total. The summed E-state index contributed by atoms with van der Waals surface area (Å²) < 4.78 is 0. The highest BCUT2D eigenvalue weighted by molar-refractivity contribution is 5.99. The average Bonchev–Trinajstić information content (AvgIpc) is 2.59. The Balaban J connectivity index is 2.27. The van der Waals surface area contributed by atoms with Crippen LogP contribution in [-0.2, 0) is 0 Å². The molecule has 6 nitrogen and oxygen atoms in total. The Bertz CT molecular complexity index is 417. The molecule has 2 rings (SSSR count). The van der Waals surface area contributed by atoms with Crippen LogP contribution in [0.2, 0.25) is 0 Å². The predicted molar refractivity (Wildman–Crippen MR) is 57.7 cm³/mol. The van der Waals surface area contributed by atoms with Gasteiger partial charge in [0.25, 0.3) is 5.91 Å². The Morgan fingerprint density at radius 2 is 1.59 bits per heavy atom. The van der Waals surface area contributed by atoms with Crippen molar-refractivity contribution in [3.05, 3.63) is 23.8 Å². The van der Waals surface area contributed by atoms with Gasteiger partial charge in [-0.2, -0.15) is 0 Å². The fraction of sp³-hybridized carbons (Fsp3) is 0.364. The molecule has 0 saturated carbocycles. The largest absolute Gasteiger partial charge is 0.507 e. The summed E-state index contributed by atoms with van der Waals surface area (Å²) in [7, 11) is 0. The maximum absolute atomic E-state index is 12.0. The van der Waals surface area contributed by atoms with Crippen LogP contribution in [0, 0.1) is 0 Å². The van der Waals surface area contributed by atoms with Crippen molar-refractivity contribution in [2.45, 2.75) is 12.2 Å². The van der Waals surface area contributed by atoms with Crippen LogP contribution in [0.4, 0.5) is 0 Å². The quantitative estimate of drug-likeness (QED) is 0.518. The van der Waals surface area contributed by atoms with Crippen LogP contribution in [0.25, 0.3) is 0 Å². The van der Waals surface area contributed by atoms with E-state index < -0.39 is 18.1 Å². The van der Waals surface area contributed by atoms with Gasteiger partial charge in [-0.3, -0.25) is 4.79 Å². The summed E-state index contributed by atoms with van der Waals surface area (Å²) in [5, 5.41) is 37.7. The summed E-state index contributed by atoms with van der Waals surface area (Å²) in [4.78, 5) is 13.1.